The van der Waals surface area contributed by atoms with Gasteiger partial charge in [0.1, 0.15) is 11.7 Å². The Bertz CT molecular complexity index is 1330. The maximum Gasteiger partial charge on any atom is 0.266 e. The van der Waals surface area contributed by atoms with E-state index >= 15 is 0 Å². The van der Waals surface area contributed by atoms with Crippen LogP contribution >= 0.6 is 11.6 Å². The van der Waals surface area contributed by atoms with E-state index in [0.29, 0.717) is 30.1 Å². The molecule has 3 heterocycles. The lowest BCUT2D eigenvalue weighted by Crippen LogP contribution is -2.30. The quantitative estimate of drug-likeness (QED) is 0.465. The Morgan fingerprint density at radius 1 is 1.07 bits per heavy atom. The number of fused-ring (bicyclic) bond motifs is 1. The van der Waals surface area contributed by atoms with E-state index in [1.54, 1.807) is 18.3 Å². The molecule has 7 nitrogen and oxygen atoms in total. The third kappa shape index (κ3) is 3.27. The Kier molecular flexibility index (Phi) is 4.77. The summed E-state index contributed by atoms with van der Waals surface area (Å²) in [5.74, 6) is 0.539. The van der Waals surface area contributed by atoms with E-state index in [0.717, 1.165) is 10.8 Å². The standard InChI is InChI=1S/C21H17ClN4O3S/c22-15-6-3-7-16(13-15)30(27,28)26-12-4-9-18(26)20-24-25-21(29-20)19-17-8-2-1-5-14(17)10-11-23-19/h1-3,5-8,10-11,13,18H,4,9,12H2. The summed E-state index contributed by atoms with van der Waals surface area (Å²) in [6, 6.07) is 15.4. The van der Waals surface area contributed by atoms with Crippen molar-refractivity contribution in [2.45, 2.75) is 23.8 Å². The molecule has 1 saturated heterocycles. The van der Waals surface area contributed by atoms with Crippen molar-refractivity contribution in [3.8, 4) is 11.6 Å². The second-order valence-electron chi connectivity index (χ2n) is 7.06. The third-order valence-corrected chi connectivity index (χ3v) is 7.35. The van der Waals surface area contributed by atoms with E-state index in [9.17, 15) is 8.42 Å². The SMILES string of the molecule is O=S(=O)(c1cccc(Cl)c1)N1CCCC1c1nnc(-c2nccc3ccccc23)o1. The molecule has 1 aliphatic rings. The van der Waals surface area contributed by atoms with Crippen LogP contribution in [0.5, 0.6) is 0 Å². The Labute approximate surface area is 178 Å². The smallest absolute Gasteiger partial charge is 0.266 e. The molecule has 1 aliphatic heterocycles. The molecular weight excluding hydrogens is 424 g/mol. The van der Waals surface area contributed by atoms with Crippen LogP contribution in [0.4, 0.5) is 0 Å². The van der Waals surface area contributed by atoms with Gasteiger partial charge in [0.25, 0.3) is 5.89 Å². The molecule has 0 N–H and O–H groups in total. The van der Waals surface area contributed by atoms with Crippen LogP contribution in [0.25, 0.3) is 22.4 Å². The summed E-state index contributed by atoms with van der Waals surface area (Å²) in [6.07, 6.45) is 2.99. The average molecular weight is 441 g/mol. The Morgan fingerprint density at radius 3 is 2.80 bits per heavy atom. The molecule has 0 bridgehead atoms. The highest BCUT2D eigenvalue weighted by molar-refractivity contribution is 7.89. The van der Waals surface area contributed by atoms with Crippen molar-refractivity contribution in [3.63, 3.8) is 0 Å². The molecular formula is C21H17ClN4O3S. The molecule has 9 heteroatoms. The molecule has 0 amide bonds. The van der Waals surface area contributed by atoms with Crippen molar-refractivity contribution < 1.29 is 12.8 Å². The number of aromatic nitrogens is 3. The summed E-state index contributed by atoms with van der Waals surface area (Å²) in [4.78, 5) is 4.55. The van der Waals surface area contributed by atoms with Crippen LogP contribution in [0.2, 0.25) is 5.02 Å². The predicted molar refractivity (Wildman–Crippen MR) is 112 cm³/mol. The first-order valence-electron chi connectivity index (χ1n) is 9.49. The number of sulfonamides is 1. The van der Waals surface area contributed by atoms with Gasteiger partial charge in [-0.15, -0.1) is 10.2 Å². The second-order valence-corrected chi connectivity index (χ2v) is 9.38. The van der Waals surface area contributed by atoms with Crippen molar-refractivity contribution >= 4 is 32.4 Å². The van der Waals surface area contributed by atoms with Gasteiger partial charge in [-0.1, -0.05) is 41.9 Å². The lowest BCUT2D eigenvalue weighted by Gasteiger charge is -2.21. The maximum atomic E-state index is 13.2. The zero-order valence-corrected chi connectivity index (χ0v) is 17.3. The highest BCUT2D eigenvalue weighted by atomic mass is 35.5. The van der Waals surface area contributed by atoms with Crippen LogP contribution in [-0.2, 0) is 10.0 Å². The van der Waals surface area contributed by atoms with Gasteiger partial charge in [0.15, 0.2) is 0 Å². The number of hydrogen-bond acceptors (Lipinski definition) is 6. The fourth-order valence-corrected chi connectivity index (χ4v) is 5.74. The van der Waals surface area contributed by atoms with E-state index in [1.165, 1.54) is 16.4 Å². The van der Waals surface area contributed by atoms with E-state index in [1.807, 2.05) is 30.3 Å². The van der Waals surface area contributed by atoms with Crippen LogP contribution < -0.4 is 0 Å². The molecule has 0 radical (unpaired) electrons. The van der Waals surface area contributed by atoms with Crippen molar-refractivity contribution in [1.82, 2.24) is 19.5 Å². The molecule has 0 aliphatic carbocycles. The first-order chi connectivity index (χ1) is 14.5. The average Bonchev–Trinajstić information content (AvgIpc) is 3.43. The molecule has 5 rings (SSSR count). The summed E-state index contributed by atoms with van der Waals surface area (Å²) in [5, 5.41) is 10.6. The minimum Gasteiger partial charge on any atom is -0.417 e. The Morgan fingerprint density at radius 2 is 1.93 bits per heavy atom. The predicted octanol–water partition coefficient (Wildman–Crippen LogP) is 4.46. The van der Waals surface area contributed by atoms with Gasteiger partial charge >= 0.3 is 0 Å². The number of benzene rings is 2. The zero-order valence-electron chi connectivity index (χ0n) is 15.8. The lowest BCUT2D eigenvalue weighted by atomic mass is 10.1. The third-order valence-electron chi connectivity index (χ3n) is 5.21. The first kappa shape index (κ1) is 19.2. The molecule has 4 aromatic rings. The molecule has 2 aromatic heterocycles. The second kappa shape index (κ2) is 7.46. The van der Waals surface area contributed by atoms with Gasteiger partial charge in [-0.25, -0.2) is 8.42 Å². The summed E-state index contributed by atoms with van der Waals surface area (Å²) in [7, 11) is -3.74. The van der Waals surface area contributed by atoms with Gasteiger partial charge in [0.05, 0.1) is 4.90 Å². The summed E-state index contributed by atoms with van der Waals surface area (Å²) >= 11 is 6.00. The van der Waals surface area contributed by atoms with E-state index in [-0.39, 0.29) is 16.7 Å². The molecule has 1 unspecified atom stereocenters. The molecule has 30 heavy (non-hydrogen) atoms. The van der Waals surface area contributed by atoms with Gasteiger partial charge in [0, 0.05) is 23.2 Å². The number of hydrogen-bond donors (Lipinski definition) is 0. The summed E-state index contributed by atoms with van der Waals surface area (Å²) in [5.41, 5.74) is 0.578. The van der Waals surface area contributed by atoms with Crippen LogP contribution in [0, 0.1) is 0 Å². The van der Waals surface area contributed by atoms with Crippen molar-refractivity contribution in [2.75, 3.05) is 6.54 Å². The fraction of sp³-hybridized carbons (Fsp3) is 0.190. The Hall–Kier alpha value is -2.81. The normalized spacial score (nSPS) is 17.6. The molecule has 1 atom stereocenters. The van der Waals surface area contributed by atoms with Gasteiger partial charge < -0.3 is 4.42 Å². The van der Waals surface area contributed by atoms with Crippen LogP contribution in [0.3, 0.4) is 0 Å². The largest absolute Gasteiger partial charge is 0.417 e. The minimum absolute atomic E-state index is 0.150. The molecule has 0 saturated carbocycles. The number of nitrogens with zero attached hydrogens (tertiary/aromatic N) is 4. The lowest BCUT2D eigenvalue weighted by molar-refractivity contribution is 0.332. The van der Waals surface area contributed by atoms with Crippen LogP contribution in [0.1, 0.15) is 24.8 Å². The van der Waals surface area contributed by atoms with Crippen molar-refractivity contribution in [2.24, 2.45) is 0 Å². The monoisotopic (exact) mass is 440 g/mol. The van der Waals surface area contributed by atoms with Gasteiger partial charge in [-0.2, -0.15) is 4.31 Å². The summed E-state index contributed by atoms with van der Waals surface area (Å²) < 4.78 is 33.7. The molecule has 1 fully saturated rings. The van der Waals surface area contributed by atoms with E-state index < -0.39 is 16.1 Å². The number of rotatable bonds is 4. The summed E-state index contributed by atoms with van der Waals surface area (Å²) in [6.45, 7) is 0.379. The molecule has 2 aromatic carbocycles. The topological polar surface area (TPSA) is 89.2 Å². The van der Waals surface area contributed by atoms with Gasteiger partial charge in [0.2, 0.25) is 15.9 Å². The fourth-order valence-electron chi connectivity index (χ4n) is 3.79. The highest BCUT2D eigenvalue weighted by Gasteiger charge is 2.39. The number of halogens is 1. The maximum absolute atomic E-state index is 13.2. The zero-order chi connectivity index (χ0) is 20.7. The van der Waals surface area contributed by atoms with E-state index in [4.69, 9.17) is 16.0 Å². The van der Waals surface area contributed by atoms with Crippen LogP contribution in [-0.4, -0.2) is 34.4 Å². The number of pyridine rings is 1. The first-order valence-corrected chi connectivity index (χ1v) is 11.3. The van der Waals surface area contributed by atoms with Crippen molar-refractivity contribution in [3.05, 3.63) is 71.7 Å². The van der Waals surface area contributed by atoms with E-state index in [2.05, 4.69) is 15.2 Å². The van der Waals surface area contributed by atoms with Gasteiger partial charge in [-0.3, -0.25) is 4.98 Å². The van der Waals surface area contributed by atoms with Crippen LogP contribution in [0.15, 0.2) is 70.1 Å². The molecule has 152 valence electrons. The highest BCUT2D eigenvalue weighted by Crippen LogP contribution is 2.37. The van der Waals surface area contributed by atoms with Crippen molar-refractivity contribution in [1.29, 1.82) is 0 Å². The Balaban J connectivity index is 1.51. The molecule has 0 spiro atoms. The van der Waals surface area contributed by atoms with Gasteiger partial charge in [-0.05, 0) is 42.5 Å². The minimum atomic E-state index is -3.74.